The minimum Gasteiger partial charge on any atom is -0.381 e. The first kappa shape index (κ1) is 18.7. The van der Waals surface area contributed by atoms with Crippen molar-refractivity contribution in [2.24, 2.45) is 5.73 Å². The summed E-state index contributed by atoms with van der Waals surface area (Å²) in [6.45, 7) is 2.01. The number of nitrogens with two attached hydrogens (primary N) is 1. The summed E-state index contributed by atoms with van der Waals surface area (Å²) in [6, 6.07) is 10.3. The molecule has 0 aliphatic carbocycles. The zero-order valence-electron chi connectivity index (χ0n) is 16.9. The molecule has 2 amide bonds. The minimum absolute atomic E-state index is 0.124. The number of benzene rings is 1. The number of aromatic nitrogens is 2. The fourth-order valence-electron chi connectivity index (χ4n) is 5.11. The van der Waals surface area contributed by atoms with Crippen molar-refractivity contribution in [2.45, 2.75) is 50.7 Å². The van der Waals surface area contributed by atoms with Gasteiger partial charge in [0.2, 0.25) is 0 Å². The van der Waals surface area contributed by atoms with Gasteiger partial charge in [-0.3, -0.25) is 9.59 Å². The van der Waals surface area contributed by atoms with Crippen LogP contribution in [0.3, 0.4) is 0 Å². The SMILES string of the molecule is Cc1cccc(C(=O)N2[C@@H]3CC[C@H]2CC(Nc2c(C(N)=O)cnc4[nH]ccc24)C3)c1. The molecule has 7 heteroatoms. The summed E-state index contributed by atoms with van der Waals surface area (Å²) in [5.41, 5.74) is 9.31. The van der Waals surface area contributed by atoms with Gasteiger partial charge in [-0.25, -0.2) is 4.98 Å². The van der Waals surface area contributed by atoms with Gasteiger partial charge >= 0.3 is 0 Å². The van der Waals surface area contributed by atoms with Crippen molar-refractivity contribution in [3.8, 4) is 0 Å². The maximum absolute atomic E-state index is 13.2. The van der Waals surface area contributed by atoms with Crippen LogP contribution in [0.25, 0.3) is 11.0 Å². The number of fused-ring (bicyclic) bond motifs is 3. The third kappa shape index (κ3) is 3.10. The molecule has 4 N–H and O–H groups in total. The van der Waals surface area contributed by atoms with Crippen LogP contribution in [0, 0.1) is 6.92 Å². The van der Waals surface area contributed by atoms with Crippen LogP contribution in [0.1, 0.15) is 52.0 Å². The number of carbonyl (C=O) groups excluding carboxylic acids is 2. The van der Waals surface area contributed by atoms with Gasteiger partial charge in [0.25, 0.3) is 11.8 Å². The maximum atomic E-state index is 13.2. The van der Waals surface area contributed by atoms with Gasteiger partial charge in [0, 0.05) is 41.5 Å². The van der Waals surface area contributed by atoms with Crippen molar-refractivity contribution in [1.82, 2.24) is 14.9 Å². The number of hydrogen-bond acceptors (Lipinski definition) is 4. The average molecular weight is 403 g/mol. The van der Waals surface area contributed by atoms with Crippen LogP contribution in [0.5, 0.6) is 0 Å². The second-order valence-corrected chi connectivity index (χ2v) is 8.43. The van der Waals surface area contributed by atoms with Gasteiger partial charge in [0.1, 0.15) is 5.65 Å². The van der Waals surface area contributed by atoms with Gasteiger partial charge in [0.05, 0.1) is 11.3 Å². The molecule has 2 saturated heterocycles. The van der Waals surface area contributed by atoms with E-state index < -0.39 is 5.91 Å². The highest BCUT2D eigenvalue weighted by Crippen LogP contribution is 2.39. The smallest absolute Gasteiger partial charge is 0.254 e. The lowest BCUT2D eigenvalue weighted by Crippen LogP contribution is -2.49. The Hall–Kier alpha value is -3.35. The number of pyridine rings is 1. The highest BCUT2D eigenvalue weighted by atomic mass is 16.2. The molecule has 1 aromatic carbocycles. The van der Waals surface area contributed by atoms with E-state index in [1.807, 2.05) is 37.3 Å². The monoisotopic (exact) mass is 403 g/mol. The fourth-order valence-corrected chi connectivity index (χ4v) is 5.11. The molecule has 2 fully saturated rings. The first-order valence-corrected chi connectivity index (χ1v) is 10.4. The molecule has 0 saturated carbocycles. The summed E-state index contributed by atoms with van der Waals surface area (Å²) in [6.07, 6.45) is 7.05. The van der Waals surface area contributed by atoms with Crippen molar-refractivity contribution >= 4 is 28.5 Å². The van der Waals surface area contributed by atoms with E-state index in [0.717, 1.165) is 53.5 Å². The number of nitrogens with one attached hydrogen (secondary N) is 2. The van der Waals surface area contributed by atoms with Gasteiger partial charge in [-0.2, -0.15) is 0 Å². The first-order valence-electron chi connectivity index (χ1n) is 10.4. The lowest BCUT2D eigenvalue weighted by Gasteiger charge is -2.40. The van der Waals surface area contributed by atoms with Crippen molar-refractivity contribution in [3.63, 3.8) is 0 Å². The predicted octanol–water partition coefficient (Wildman–Crippen LogP) is 3.22. The normalized spacial score (nSPS) is 23.0. The lowest BCUT2D eigenvalue weighted by molar-refractivity contribution is 0.0583. The Balaban J connectivity index is 1.39. The molecule has 0 radical (unpaired) electrons. The Morgan fingerprint density at radius 2 is 1.97 bits per heavy atom. The number of primary amides is 1. The molecule has 1 unspecified atom stereocenters. The van der Waals surface area contributed by atoms with E-state index in [9.17, 15) is 9.59 Å². The van der Waals surface area contributed by atoms with E-state index in [1.165, 1.54) is 6.20 Å². The molecule has 2 bridgehead atoms. The number of anilines is 1. The largest absolute Gasteiger partial charge is 0.381 e. The second kappa shape index (κ2) is 7.16. The number of amides is 2. The van der Waals surface area contributed by atoms with Crippen LogP contribution in [-0.2, 0) is 0 Å². The van der Waals surface area contributed by atoms with E-state index in [4.69, 9.17) is 5.73 Å². The number of piperidine rings is 1. The van der Waals surface area contributed by atoms with E-state index in [0.29, 0.717) is 5.56 Å². The third-order valence-corrected chi connectivity index (χ3v) is 6.43. The lowest BCUT2D eigenvalue weighted by atomic mass is 9.95. The Morgan fingerprint density at radius 3 is 2.67 bits per heavy atom. The van der Waals surface area contributed by atoms with Gasteiger partial charge < -0.3 is 20.9 Å². The molecule has 3 aromatic rings. The van der Waals surface area contributed by atoms with E-state index in [1.54, 1.807) is 6.20 Å². The number of rotatable bonds is 4. The van der Waals surface area contributed by atoms with E-state index >= 15 is 0 Å². The minimum atomic E-state index is -0.497. The highest BCUT2D eigenvalue weighted by molar-refractivity contribution is 6.06. The topological polar surface area (TPSA) is 104 Å². The molecule has 7 nitrogen and oxygen atoms in total. The standard InChI is InChI=1S/C23H25N5O2/c1-13-3-2-4-14(9-13)23(30)28-16-5-6-17(28)11-15(10-16)27-20-18-7-8-25-22(18)26-12-19(20)21(24)29/h2-4,7-9,12,15-17H,5-6,10-11H2,1H3,(H2,24,29)(H2,25,26,27)/t15?,16-,17+. The van der Waals surface area contributed by atoms with Crippen LogP contribution in [0.4, 0.5) is 5.69 Å². The van der Waals surface area contributed by atoms with Gasteiger partial charge in [-0.1, -0.05) is 17.7 Å². The van der Waals surface area contributed by atoms with Crippen LogP contribution >= 0.6 is 0 Å². The summed E-state index contributed by atoms with van der Waals surface area (Å²) in [4.78, 5) is 34.6. The number of H-pyrrole nitrogens is 1. The molecule has 5 rings (SSSR count). The Kier molecular flexibility index (Phi) is 4.46. The third-order valence-electron chi connectivity index (χ3n) is 6.43. The van der Waals surface area contributed by atoms with E-state index in [-0.39, 0.29) is 24.0 Å². The Morgan fingerprint density at radius 1 is 1.20 bits per heavy atom. The number of hydrogen-bond donors (Lipinski definition) is 3. The van der Waals surface area contributed by atoms with Crippen molar-refractivity contribution < 1.29 is 9.59 Å². The second-order valence-electron chi connectivity index (χ2n) is 8.43. The van der Waals surface area contributed by atoms with Crippen LogP contribution in [-0.4, -0.2) is 44.8 Å². The number of nitrogens with zero attached hydrogens (tertiary/aromatic N) is 2. The van der Waals surface area contributed by atoms with E-state index in [2.05, 4.69) is 20.2 Å². The molecular weight excluding hydrogens is 378 g/mol. The van der Waals surface area contributed by atoms with Gasteiger partial charge in [-0.15, -0.1) is 0 Å². The number of aryl methyl sites for hydroxylation is 1. The molecule has 2 aliphatic rings. The average Bonchev–Trinajstić information content (AvgIpc) is 3.30. The molecular formula is C23H25N5O2. The molecule has 2 aliphatic heterocycles. The van der Waals surface area contributed by atoms with Crippen molar-refractivity contribution in [1.29, 1.82) is 0 Å². The highest BCUT2D eigenvalue weighted by Gasteiger charge is 2.43. The quantitative estimate of drug-likeness (QED) is 0.622. The van der Waals surface area contributed by atoms with Gasteiger partial charge in [-0.05, 0) is 50.8 Å². The molecule has 154 valence electrons. The summed E-state index contributed by atoms with van der Waals surface area (Å²) in [5.74, 6) is -0.373. The molecule has 0 spiro atoms. The van der Waals surface area contributed by atoms with Crippen LogP contribution in [0.2, 0.25) is 0 Å². The molecule has 30 heavy (non-hydrogen) atoms. The zero-order chi connectivity index (χ0) is 20.8. The van der Waals surface area contributed by atoms with Crippen molar-refractivity contribution in [3.05, 3.63) is 59.4 Å². The fraction of sp³-hybridized carbons (Fsp3) is 0.348. The summed E-state index contributed by atoms with van der Waals surface area (Å²) < 4.78 is 0. The van der Waals surface area contributed by atoms with Crippen molar-refractivity contribution in [2.75, 3.05) is 5.32 Å². The number of aromatic amines is 1. The van der Waals surface area contributed by atoms with Crippen LogP contribution in [0.15, 0.2) is 42.7 Å². The molecule has 3 atom stereocenters. The Bertz CT molecular complexity index is 1120. The predicted molar refractivity (Wildman–Crippen MR) is 115 cm³/mol. The first-order chi connectivity index (χ1) is 14.5. The molecule has 4 heterocycles. The number of carbonyl (C=O) groups is 2. The molecule has 2 aromatic heterocycles. The maximum Gasteiger partial charge on any atom is 0.254 e. The Labute approximate surface area is 174 Å². The summed E-state index contributed by atoms with van der Waals surface area (Å²) in [7, 11) is 0. The summed E-state index contributed by atoms with van der Waals surface area (Å²) >= 11 is 0. The van der Waals surface area contributed by atoms with Gasteiger partial charge in [0.15, 0.2) is 0 Å². The van der Waals surface area contributed by atoms with Crippen LogP contribution < -0.4 is 11.1 Å². The zero-order valence-corrected chi connectivity index (χ0v) is 16.9. The summed E-state index contributed by atoms with van der Waals surface area (Å²) in [5, 5.41) is 4.43.